The Kier molecular flexibility index (Phi) is 5.68. The van der Waals surface area contributed by atoms with E-state index in [4.69, 9.17) is 18.9 Å². The Morgan fingerprint density at radius 3 is 2.35 bits per heavy atom. The van der Waals surface area contributed by atoms with Gasteiger partial charge in [-0.05, 0) is 42.8 Å². The molecule has 0 amide bonds. The normalized spacial score (nSPS) is 10.6. The van der Waals surface area contributed by atoms with Gasteiger partial charge in [-0.3, -0.25) is 0 Å². The van der Waals surface area contributed by atoms with E-state index >= 15 is 0 Å². The fourth-order valence-corrected chi connectivity index (χ4v) is 3.54. The van der Waals surface area contributed by atoms with E-state index in [0.717, 1.165) is 26.7 Å². The van der Waals surface area contributed by atoms with E-state index in [9.17, 15) is 0 Å². The largest absolute Gasteiger partial charge is 0.494 e. The van der Waals surface area contributed by atoms with E-state index in [0.29, 0.717) is 30.4 Å². The fourth-order valence-electron chi connectivity index (χ4n) is 2.65. The Hall–Kier alpha value is -2.67. The van der Waals surface area contributed by atoms with Crippen LogP contribution in [0.2, 0.25) is 0 Å². The Labute approximate surface area is 156 Å². The first-order valence-corrected chi connectivity index (χ1v) is 9.06. The summed E-state index contributed by atoms with van der Waals surface area (Å²) in [7, 11) is 4.81. The van der Waals surface area contributed by atoms with Gasteiger partial charge in [0.2, 0.25) is 5.75 Å². The highest BCUT2D eigenvalue weighted by Crippen LogP contribution is 2.38. The van der Waals surface area contributed by atoms with Crippen LogP contribution in [0.1, 0.15) is 12.5 Å². The summed E-state index contributed by atoms with van der Waals surface area (Å²) < 4.78 is 22.8. The molecule has 0 bridgehead atoms. The summed E-state index contributed by atoms with van der Waals surface area (Å²) in [6, 6.07) is 9.78. The molecule has 6 nitrogen and oxygen atoms in total. The maximum absolute atomic E-state index is 5.54. The second-order valence-corrected chi connectivity index (χ2v) is 6.50. The summed E-state index contributed by atoms with van der Waals surface area (Å²) in [6.07, 6.45) is 0. The van der Waals surface area contributed by atoms with Gasteiger partial charge in [0.1, 0.15) is 5.75 Å². The Bertz CT molecular complexity index is 869. The molecule has 0 fully saturated rings. The minimum atomic E-state index is 0.585. The van der Waals surface area contributed by atoms with Crippen molar-refractivity contribution in [3.05, 3.63) is 35.9 Å². The van der Waals surface area contributed by atoms with E-state index in [2.05, 4.69) is 10.3 Å². The number of benzene rings is 2. The first-order valence-electron chi connectivity index (χ1n) is 8.24. The highest BCUT2D eigenvalue weighted by molar-refractivity contribution is 7.22. The zero-order chi connectivity index (χ0) is 18.5. The second kappa shape index (κ2) is 8.14. The molecule has 0 spiro atoms. The predicted octanol–water partition coefficient (Wildman–Crippen LogP) is 4.33. The lowest BCUT2D eigenvalue weighted by Crippen LogP contribution is -2.02. The Balaban J connectivity index is 1.79. The number of thiazole rings is 1. The van der Waals surface area contributed by atoms with Gasteiger partial charge < -0.3 is 24.3 Å². The van der Waals surface area contributed by atoms with Crippen molar-refractivity contribution in [2.24, 2.45) is 0 Å². The summed E-state index contributed by atoms with van der Waals surface area (Å²) >= 11 is 1.59. The smallest absolute Gasteiger partial charge is 0.203 e. The summed E-state index contributed by atoms with van der Waals surface area (Å²) in [5.41, 5.74) is 1.96. The van der Waals surface area contributed by atoms with Crippen molar-refractivity contribution in [2.75, 3.05) is 33.3 Å². The van der Waals surface area contributed by atoms with Crippen LogP contribution in [0.3, 0.4) is 0 Å². The van der Waals surface area contributed by atoms with Gasteiger partial charge in [-0.15, -0.1) is 0 Å². The van der Waals surface area contributed by atoms with Gasteiger partial charge in [0.25, 0.3) is 0 Å². The number of hydrogen-bond acceptors (Lipinski definition) is 7. The molecule has 0 unspecified atom stereocenters. The number of nitrogens with zero attached hydrogens (tertiary/aromatic N) is 1. The van der Waals surface area contributed by atoms with Crippen LogP contribution in [0.25, 0.3) is 10.2 Å². The van der Waals surface area contributed by atoms with Crippen LogP contribution in [0, 0.1) is 0 Å². The molecule has 1 heterocycles. The molecule has 0 radical (unpaired) electrons. The molecule has 1 N–H and O–H groups in total. The second-order valence-electron chi connectivity index (χ2n) is 5.47. The minimum absolute atomic E-state index is 0.585. The van der Waals surface area contributed by atoms with Crippen LogP contribution in [0.15, 0.2) is 30.3 Å². The van der Waals surface area contributed by atoms with Crippen molar-refractivity contribution in [1.29, 1.82) is 0 Å². The molecule has 0 aliphatic carbocycles. The average Bonchev–Trinajstić information content (AvgIpc) is 3.07. The molecule has 0 aliphatic rings. The van der Waals surface area contributed by atoms with Crippen LogP contribution in [0.4, 0.5) is 5.13 Å². The van der Waals surface area contributed by atoms with Crippen LogP contribution >= 0.6 is 11.3 Å². The number of aromatic nitrogens is 1. The van der Waals surface area contributed by atoms with Gasteiger partial charge in [-0.1, -0.05) is 11.3 Å². The molecule has 3 aromatic rings. The predicted molar refractivity (Wildman–Crippen MR) is 104 cm³/mol. The zero-order valence-corrected chi connectivity index (χ0v) is 16.1. The van der Waals surface area contributed by atoms with Crippen LogP contribution in [0.5, 0.6) is 23.0 Å². The van der Waals surface area contributed by atoms with Gasteiger partial charge >= 0.3 is 0 Å². The van der Waals surface area contributed by atoms with Crippen molar-refractivity contribution in [3.63, 3.8) is 0 Å². The van der Waals surface area contributed by atoms with Gasteiger partial charge in [0.05, 0.1) is 38.2 Å². The van der Waals surface area contributed by atoms with Gasteiger partial charge in [0.15, 0.2) is 16.6 Å². The monoisotopic (exact) mass is 374 g/mol. The molecule has 1 aromatic heterocycles. The molecular weight excluding hydrogens is 352 g/mol. The summed E-state index contributed by atoms with van der Waals surface area (Å²) in [5, 5.41) is 4.21. The van der Waals surface area contributed by atoms with Gasteiger partial charge in [-0.25, -0.2) is 4.98 Å². The molecule has 2 aromatic carbocycles. The quantitative estimate of drug-likeness (QED) is 0.633. The first kappa shape index (κ1) is 18.1. The lowest BCUT2D eigenvalue weighted by molar-refractivity contribution is 0.324. The molecule has 0 saturated heterocycles. The van der Waals surface area contributed by atoms with Gasteiger partial charge in [0, 0.05) is 6.54 Å². The molecule has 26 heavy (non-hydrogen) atoms. The summed E-state index contributed by atoms with van der Waals surface area (Å²) in [4.78, 5) is 4.61. The number of anilines is 1. The minimum Gasteiger partial charge on any atom is -0.494 e. The van der Waals surface area contributed by atoms with E-state index < -0.39 is 0 Å². The summed E-state index contributed by atoms with van der Waals surface area (Å²) in [6.45, 7) is 3.21. The molecule has 3 rings (SSSR count). The van der Waals surface area contributed by atoms with Crippen LogP contribution < -0.4 is 24.3 Å². The molecule has 0 saturated carbocycles. The first-order chi connectivity index (χ1) is 12.7. The zero-order valence-electron chi connectivity index (χ0n) is 15.3. The van der Waals surface area contributed by atoms with Crippen molar-refractivity contribution < 1.29 is 18.9 Å². The number of hydrogen-bond donors (Lipinski definition) is 1. The van der Waals surface area contributed by atoms with E-state index in [-0.39, 0.29) is 0 Å². The van der Waals surface area contributed by atoms with E-state index in [1.165, 1.54) is 0 Å². The maximum atomic E-state index is 5.54. The lowest BCUT2D eigenvalue weighted by Gasteiger charge is -2.14. The number of fused-ring (bicyclic) bond motifs is 1. The molecule has 138 valence electrons. The third-order valence-electron chi connectivity index (χ3n) is 3.84. The molecular formula is C19H22N2O4S. The van der Waals surface area contributed by atoms with Crippen LogP contribution in [-0.2, 0) is 6.54 Å². The number of ether oxygens (including phenoxy) is 4. The van der Waals surface area contributed by atoms with Crippen molar-refractivity contribution in [2.45, 2.75) is 13.5 Å². The topological polar surface area (TPSA) is 61.8 Å². The van der Waals surface area contributed by atoms with Crippen LogP contribution in [-0.4, -0.2) is 32.9 Å². The van der Waals surface area contributed by atoms with E-state index in [1.807, 2.05) is 37.3 Å². The SMILES string of the molecule is CCOc1ccc2nc(NCc3cc(OC)c(OC)c(OC)c3)sc2c1. The summed E-state index contributed by atoms with van der Waals surface area (Å²) in [5.74, 6) is 2.71. The average molecular weight is 374 g/mol. The molecule has 0 atom stereocenters. The number of rotatable bonds is 8. The maximum Gasteiger partial charge on any atom is 0.203 e. The lowest BCUT2D eigenvalue weighted by atomic mass is 10.2. The number of methoxy groups -OCH3 is 3. The van der Waals surface area contributed by atoms with E-state index in [1.54, 1.807) is 32.7 Å². The highest BCUT2D eigenvalue weighted by atomic mass is 32.1. The third-order valence-corrected chi connectivity index (χ3v) is 4.82. The van der Waals surface area contributed by atoms with Gasteiger partial charge in [-0.2, -0.15) is 0 Å². The Morgan fingerprint density at radius 2 is 1.73 bits per heavy atom. The fraction of sp³-hybridized carbons (Fsp3) is 0.316. The van der Waals surface area contributed by atoms with Crippen molar-refractivity contribution in [3.8, 4) is 23.0 Å². The Morgan fingerprint density at radius 1 is 1.00 bits per heavy atom. The highest BCUT2D eigenvalue weighted by Gasteiger charge is 2.13. The standard InChI is InChI=1S/C19H22N2O4S/c1-5-25-13-6-7-14-17(10-13)26-19(21-14)20-11-12-8-15(22-2)18(24-4)16(9-12)23-3/h6-10H,5,11H2,1-4H3,(H,20,21). The van der Waals surface area contributed by atoms with Crippen molar-refractivity contribution >= 4 is 26.7 Å². The van der Waals surface area contributed by atoms with Crippen molar-refractivity contribution in [1.82, 2.24) is 4.98 Å². The molecule has 7 heteroatoms. The number of nitrogens with one attached hydrogen (secondary N) is 1. The molecule has 0 aliphatic heterocycles. The third kappa shape index (κ3) is 3.77.